The van der Waals surface area contributed by atoms with Crippen molar-refractivity contribution >= 4 is 17.3 Å². The third-order valence-corrected chi connectivity index (χ3v) is 2.53. The van der Waals surface area contributed by atoms with Gasteiger partial charge in [-0.1, -0.05) is 6.07 Å². The van der Waals surface area contributed by atoms with Gasteiger partial charge < -0.3 is 21.1 Å². The topological polar surface area (TPSA) is 76.4 Å². The number of amides is 1. The molecular formula is C14H23N3O2. The van der Waals surface area contributed by atoms with Crippen molar-refractivity contribution in [3.05, 3.63) is 23.8 Å². The zero-order valence-electron chi connectivity index (χ0n) is 12.0. The number of hydrogen-bond acceptors (Lipinski definition) is 4. The molecule has 5 heteroatoms. The molecule has 5 nitrogen and oxygen atoms in total. The average molecular weight is 265 g/mol. The number of carbonyl (C=O) groups excluding carboxylic acids is 1. The van der Waals surface area contributed by atoms with Crippen LogP contribution in [0.5, 0.6) is 0 Å². The smallest absolute Gasteiger partial charge is 0.250 e. The monoisotopic (exact) mass is 265 g/mol. The maximum Gasteiger partial charge on any atom is 0.250 e. The van der Waals surface area contributed by atoms with Crippen molar-refractivity contribution in [1.82, 2.24) is 0 Å². The summed E-state index contributed by atoms with van der Waals surface area (Å²) in [6.45, 7) is 7.29. The number of nitrogens with one attached hydrogen (secondary N) is 2. The molecule has 106 valence electrons. The van der Waals surface area contributed by atoms with Crippen LogP contribution in [0, 0.1) is 0 Å². The zero-order chi connectivity index (χ0) is 14.5. The van der Waals surface area contributed by atoms with Crippen molar-refractivity contribution in [1.29, 1.82) is 0 Å². The maximum absolute atomic E-state index is 11.3. The summed E-state index contributed by atoms with van der Waals surface area (Å²) in [6.07, 6.45) is 0. The van der Waals surface area contributed by atoms with E-state index in [2.05, 4.69) is 10.6 Å². The van der Waals surface area contributed by atoms with Crippen LogP contribution in [0.2, 0.25) is 0 Å². The van der Waals surface area contributed by atoms with Crippen LogP contribution in [0.25, 0.3) is 0 Å². The fraction of sp³-hybridized carbons (Fsp3) is 0.500. The zero-order valence-corrected chi connectivity index (χ0v) is 12.0. The molecule has 1 amide bonds. The number of hydrogen-bond donors (Lipinski definition) is 3. The molecule has 0 heterocycles. The van der Waals surface area contributed by atoms with Crippen LogP contribution in [-0.2, 0) is 4.74 Å². The summed E-state index contributed by atoms with van der Waals surface area (Å²) in [5.74, 6) is -0.445. The van der Waals surface area contributed by atoms with Gasteiger partial charge in [0.05, 0.1) is 29.1 Å². The second kappa shape index (κ2) is 6.43. The van der Waals surface area contributed by atoms with E-state index in [-0.39, 0.29) is 5.60 Å². The summed E-state index contributed by atoms with van der Waals surface area (Å²) in [5.41, 5.74) is 7.22. The Hall–Kier alpha value is -1.75. The van der Waals surface area contributed by atoms with Crippen LogP contribution < -0.4 is 16.4 Å². The first kappa shape index (κ1) is 15.3. The van der Waals surface area contributed by atoms with Gasteiger partial charge in [0.25, 0.3) is 5.91 Å². The van der Waals surface area contributed by atoms with Crippen molar-refractivity contribution in [3.63, 3.8) is 0 Å². The van der Waals surface area contributed by atoms with Crippen LogP contribution in [-0.4, -0.2) is 31.7 Å². The van der Waals surface area contributed by atoms with Crippen molar-refractivity contribution in [2.75, 3.05) is 30.8 Å². The van der Waals surface area contributed by atoms with Crippen LogP contribution in [0.1, 0.15) is 31.1 Å². The van der Waals surface area contributed by atoms with E-state index in [0.717, 1.165) is 5.69 Å². The number of primary amides is 1. The van der Waals surface area contributed by atoms with E-state index >= 15 is 0 Å². The quantitative estimate of drug-likeness (QED) is 0.688. The first-order valence-corrected chi connectivity index (χ1v) is 6.33. The van der Waals surface area contributed by atoms with Gasteiger partial charge in [0.1, 0.15) is 0 Å². The molecule has 0 spiro atoms. The molecule has 0 saturated carbocycles. The van der Waals surface area contributed by atoms with Gasteiger partial charge in [0.15, 0.2) is 0 Å². The fourth-order valence-electron chi connectivity index (χ4n) is 1.72. The molecule has 0 aromatic heterocycles. The standard InChI is InChI=1S/C14H23N3O2/c1-14(2,3)19-9-8-17-11-7-5-6-10(13(15)18)12(11)16-4/h5-7,16-17H,8-9H2,1-4H3,(H2,15,18). The molecule has 0 radical (unpaired) electrons. The summed E-state index contributed by atoms with van der Waals surface area (Å²) in [7, 11) is 1.76. The number of para-hydroxylation sites is 1. The van der Waals surface area contributed by atoms with E-state index < -0.39 is 5.91 Å². The van der Waals surface area contributed by atoms with E-state index in [9.17, 15) is 4.79 Å². The van der Waals surface area contributed by atoms with Crippen LogP contribution in [0.3, 0.4) is 0 Å². The van der Waals surface area contributed by atoms with E-state index in [1.807, 2.05) is 26.8 Å². The van der Waals surface area contributed by atoms with E-state index in [1.54, 1.807) is 19.2 Å². The Morgan fingerprint density at radius 1 is 1.37 bits per heavy atom. The minimum atomic E-state index is -0.445. The Labute approximate surface area is 114 Å². The minimum Gasteiger partial charge on any atom is -0.386 e. The van der Waals surface area contributed by atoms with Crippen LogP contribution >= 0.6 is 0 Å². The molecule has 0 aliphatic heterocycles. The van der Waals surface area contributed by atoms with Gasteiger partial charge in [0.2, 0.25) is 0 Å². The average Bonchev–Trinajstić information content (AvgIpc) is 2.32. The Kier molecular flexibility index (Phi) is 5.18. The molecule has 19 heavy (non-hydrogen) atoms. The van der Waals surface area contributed by atoms with Crippen LogP contribution in [0.4, 0.5) is 11.4 Å². The van der Waals surface area contributed by atoms with E-state index in [0.29, 0.717) is 24.4 Å². The molecule has 0 atom stereocenters. The number of benzene rings is 1. The highest BCUT2D eigenvalue weighted by molar-refractivity contribution is 6.01. The summed E-state index contributed by atoms with van der Waals surface area (Å²) < 4.78 is 5.63. The third-order valence-electron chi connectivity index (χ3n) is 2.53. The predicted octanol–water partition coefficient (Wildman–Crippen LogP) is 2.05. The Morgan fingerprint density at radius 3 is 2.58 bits per heavy atom. The summed E-state index contributed by atoms with van der Waals surface area (Å²) in [4.78, 5) is 11.3. The van der Waals surface area contributed by atoms with Gasteiger partial charge in [-0.15, -0.1) is 0 Å². The lowest BCUT2D eigenvalue weighted by atomic mass is 10.1. The molecule has 0 unspecified atom stereocenters. The summed E-state index contributed by atoms with van der Waals surface area (Å²) in [6, 6.07) is 5.40. The second-order valence-corrected chi connectivity index (χ2v) is 5.23. The third kappa shape index (κ3) is 4.79. The molecule has 1 aromatic carbocycles. The van der Waals surface area contributed by atoms with Crippen molar-refractivity contribution < 1.29 is 9.53 Å². The SMILES string of the molecule is CNc1c(NCCOC(C)(C)C)cccc1C(N)=O. The second-order valence-electron chi connectivity index (χ2n) is 5.23. The number of ether oxygens (including phenoxy) is 1. The van der Waals surface area contributed by atoms with Crippen molar-refractivity contribution in [2.45, 2.75) is 26.4 Å². The Morgan fingerprint density at radius 2 is 2.05 bits per heavy atom. The first-order valence-electron chi connectivity index (χ1n) is 6.33. The first-order chi connectivity index (χ1) is 8.85. The lowest BCUT2D eigenvalue weighted by Gasteiger charge is -2.20. The largest absolute Gasteiger partial charge is 0.386 e. The lowest BCUT2D eigenvalue weighted by molar-refractivity contribution is 0.00334. The van der Waals surface area contributed by atoms with E-state index in [1.165, 1.54) is 0 Å². The van der Waals surface area contributed by atoms with Gasteiger partial charge >= 0.3 is 0 Å². The van der Waals surface area contributed by atoms with Gasteiger partial charge in [-0.2, -0.15) is 0 Å². The number of rotatable bonds is 6. The molecular weight excluding hydrogens is 242 g/mol. The normalized spacial score (nSPS) is 11.2. The molecule has 0 aliphatic rings. The van der Waals surface area contributed by atoms with Crippen molar-refractivity contribution in [2.24, 2.45) is 5.73 Å². The molecule has 1 aromatic rings. The highest BCUT2D eigenvalue weighted by atomic mass is 16.5. The van der Waals surface area contributed by atoms with E-state index in [4.69, 9.17) is 10.5 Å². The molecule has 0 fully saturated rings. The lowest BCUT2D eigenvalue weighted by Crippen LogP contribution is -2.23. The fourth-order valence-corrected chi connectivity index (χ4v) is 1.72. The highest BCUT2D eigenvalue weighted by Crippen LogP contribution is 2.25. The Balaban J connectivity index is 2.68. The number of carbonyl (C=O) groups is 1. The van der Waals surface area contributed by atoms with Crippen molar-refractivity contribution in [3.8, 4) is 0 Å². The number of nitrogens with two attached hydrogens (primary N) is 1. The maximum atomic E-state index is 11.3. The Bertz CT molecular complexity index is 439. The van der Waals surface area contributed by atoms with Gasteiger partial charge in [-0.25, -0.2) is 0 Å². The highest BCUT2D eigenvalue weighted by Gasteiger charge is 2.12. The molecule has 4 N–H and O–H groups in total. The van der Waals surface area contributed by atoms with Gasteiger partial charge in [0, 0.05) is 13.6 Å². The molecule has 0 aliphatic carbocycles. The molecule has 0 saturated heterocycles. The predicted molar refractivity (Wildman–Crippen MR) is 78.7 cm³/mol. The summed E-state index contributed by atoms with van der Waals surface area (Å²) >= 11 is 0. The minimum absolute atomic E-state index is 0.150. The van der Waals surface area contributed by atoms with Crippen LogP contribution in [0.15, 0.2) is 18.2 Å². The molecule has 1 rings (SSSR count). The van der Waals surface area contributed by atoms with Gasteiger partial charge in [-0.05, 0) is 32.9 Å². The van der Waals surface area contributed by atoms with Gasteiger partial charge in [-0.3, -0.25) is 4.79 Å². The molecule has 0 bridgehead atoms. The number of anilines is 2. The summed E-state index contributed by atoms with van der Waals surface area (Å²) in [5, 5.41) is 6.24.